The van der Waals surface area contributed by atoms with Gasteiger partial charge in [-0.05, 0) is 51.4 Å². The third kappa shape index (κ3) is 29.0. The largest absolute Gasteiger partial charge is 0.394 e. The van der Waals surface area contributed by atoms with Gasteiger partial charge < -0.3 is 89.9 Å². The minimum Gasteiger partial charge on any atom is -0.394 e. The van der Waals surface area contributed by atoms with Crippen molar-refractivity contribution in [1.29, 1.82) is 0 Å². The fourth-order valence-corrected chi connectivity index (χ4v) is 10.7. The molecule has 3 saturated heterocycles. The molecule has 19 heteroatoms. The van der Waals surface area contributed by atoms with Gasteiger partial charge in [0.05, 0.1) is 38.6 Å². The van der Waals surface area contributed by atoms with Gasteiger partial charge in [0.25, 0.3) is 0 Å². The summed E-state index contributed by atoms with van der Waals surface area (Å²) in [6.45, 7) is 1.61. The van der Waals surface area contributed by atoms with Gasteiger partial charge in [-0.1, -0.05) is 204 Å². The summed E-state index contributed by atoms with van der Waals surface area (Å²) >= 11 is 0. The summed E-state index contributed by atoms with van der Waals surface area (Å²) in [5, 5.41) is 120. The molecule has 0 aliphatic carbocycles. The van der Waals surface area contributed by atoms with E-state index >= 15 is 0 Å². The van der Waals surface area contributed by atoms with Gasteiger partial charge in [-0.25, -0.2) is 0 Å². The molecule has 0 aromatic rings. The molecule has 12 N–H and O–H groups in total. The molecule has 1 amide bonds. The second-order valence-electron chi connectivity index (χ2n) is 22.8. The molecule has 0 spiro atoms. The number of carbonyl (C=O) groups excluding carboxylic acids is 1. The first-order chi connectivity index (χ1) is 39.8. The van der Waals surface area contributed by atoms with E-state index in [1.54, 1.807) is 6.08 Å². The van der Waals surface area contributed by atoms with E-state index in [0.29, 0.717) is 6.42 Å². The third-order valence-corrected chi connectivity index (χ3v) is 15.9. The zero-order chi connectivity index (χ0) is 59.7. The van der Waals surface area contributed by atoms with Gasteiger partial charge in [-0.2, -0.15) is 0 Å². The molecule has 19 nitrogen and oxygen atoms in total. The number of aliphatic hydroxyl groups excluding tert-OH is 11. The second kappa shape index (κ2) is 46.0. The van der Waals surface area contributed by atoms with Crippen LogP contribution in [-0.2, 0) is 33.2 Å². The number of carbonyl (C=O) groups is 1. The lowest BCUT2D eigenvalue weighted by molar-refractivity contribution is -0.379. The van der Waals surface area contributed by atoms with E-state index in [9.17, 15) is 61.0 Å². The molecule has 0 aromatic heterocycles. The van der Waals surface area contributed by atoms with Crippen molar-refractivity contribution in [3.05, 3.63) is 48.6 Å². The van der Waals surface area contributed by atoms with Crippen LogP contribution in [-0.4, -0.2) is 193 Å². The highest BCUT2D eigenvalue weighted by atomic mass is 16.8. The molecule has 478 valence electrons. The van der Waals surface area contributed by atoms with Crippen LogP contribution in [0, 0.1) is 0 Å². The van der Waals surface area contributed by atoms with Crippen LogP contribution in [0.3, 0.4) is 0 Å². The zero-order valence-electron chi connectivity index (χ0n) is 50.0. The maximum absolute atomic E-state index is 13.3. The van der Waals surface area contributed by atoms with Gasteiger partial charge >= 0.3 is 0 Å². The Bertz CT molecular complexity index is 1680. The van der Waals surface area contributed by atoms with Crippen molar-refractivity contribution in [1.82, 2.24) is 5.32 Å². The fourth-order valence-electron chi connectivity index (χ4n) is 10.7. The first kappa shape index (κ1) is 74.0. The summed E-state index contributed by atoms with van der Waals surface area (Å²) in [6, 6.07) is -0.979. The first-order valence-corrected chi connectivity index (χ1v) is 31.9. The normalized spacial score (nSPS) is 29.9. The minimum atomic E-state index is -1.98. The fraction of sp³-hybridized carbons (Fsp3) is 0.857. The van der Waals surface area contributed by atoms with Crippen molar-refractivity contribution in [2.24, 2.45) is 0 Å². The molecule has 3 heterocycles. The van der Waals surface area contributed by atoms with Crippen LogP contribution in [0.25, 0.3) is 0 Å². The van der Waals surface area contributed by atoms with Crippen LogP contribution in [0.5, 0.6) is 0 Å². The number of unbranched alkanes of at least 4 members (excludes halogenated alkanes) is 25. The standard InChI is InChI=1S/C63H113NO18/c1-3-5-7-9-11-13-15-17-19-21-22-23-25-26-28-30-32-34-36-38-40-47(68)46(64-51(69)41-39-37-35-33-31-29-27-24-20-18-16-14-12-10-8-6-4-2)45-77-61-57(75)54(72)59(49(43-66)79-61)82-63-58(76)55(73)60(50(44-67)80-63)81-62-56(74)53(71)52(70)48(42-65)78-62/h6,8,12,14,18,20,38,40,46-50,52-63,65-68,70-76H,3-5,7,9-11,13,15-17,19,21-37,39,41-45H2,1-2H3,(H,64,69)/b8-6-,14-12-,20-18-,40-38+. The molecule has 17 unspecified atom stereocenters. The molecule has 3 aliphatic heterocycles. The van der Waals surface area contributed by atoms with Gasteiger partial charge in [0.15, 0.2) is 18.9 Å². The Morgan fingerprint density at radius 3 is 1.32 bits per heavy atom. The monoisotopic (exact) mass is 1170 g/mol. The lowest BCUT2D eigenvalue weighted by atomic mass is 9.96. The van der Waals surface area contributed by atoms with E-state index in [0.717, 1.165) is 89.9 Å². The van der Waals surface area contributed by atoms with Crippen molar-refractivity contribution in [3.8, 4) is 0 Å². The van der Waals surface area contributed by atoms with Crippen LogP contribution in [0.2, 0.25) is 0 Å². The maximum Gasteiger partial charge on any atom is 0.220 e. The molecule has 3 aliphatic rings. The lowest BCUT2D eigenvalue weighted by Crippen LogP contribution is -2.66. The molecule has 0 radical (unpaired) electrons. The third-order valence-electron chi connectivity index (χ3n) is 15.9. The highest BCUT2D eigenvalue weighted by Gasteiger charge is 2.53. The van der Waals surface area contributed by atoms with Crippen molar-refractivity contribution >= 4 is 5.91 Å². The summed E-state index contributed by atoms with van der Waals surface area (Å²) in [5.41, 5.74) is 0. The Labute approximate surface area is 491 Å². The number of nitrogens with one attached hydrogen (secondary N) is 1. The van der Waals surface area contributed by atoms with Crippen molar-refractivity contribution in [2.45, 2.75) is 317 Å². The quantitative estimate of drug-likeness (QED) is 0.0224. The van der Waals surface area contributed by atoms with Crippen molar-refractivity contribution < 1.29 is 89.4 Å². The van der Waals surface area contributed by atoms with E-state index in [4.69, 9.17) is 28.4 Å². The van der Waals surface area contributed by atoms with Gasteiger partial charge in [-0.3, -0.25) is 4.79 Å². The first-order valence-electron chi connectivity index (χ1n) is 31.9. The summed E-state index contributed by atoms with van der Waals surface area (Å²) in [7, 11) is 0. The molecule has 0 saturated carbocycles. The smallest absolute Gasteiger partial charge is 0.220 e. The Kier molecular flexibility index (Phi) is 41.5. The van der Waals surface area contributed by atoms with Gasteiger partial charge in [0.2, 0.25) is 5.91 Å². The number of aliphatic hydroxyl groups is 11. The Morgan fingerprint density at radius 1 is 0.451 bits per heavy atom. The second-order valence-corrected chi connectivity index (χ2v) is 22.8. The summed E-state index contributed by atoms with van der Waals surface area (Å²) in [5.74, 6) is -0.286. The molecule has 3 rings (SSSR count). The number of rotatable bonds is 47. The number of amides is 1. The molecule has 17 atom stereocenters. The number of hydrogen-bond donors (Lipinski definition) is 12. The molecular weight excluding hydrogens is 1060 g/mol. The average molecular weight is 1170 g/mol. The van der Waals surface area contributed by atoms with Crippen molar-refractivity contribution in [2.75, 3.05) is 26.4 Å². The SMILES string of the molecule is CC/C=C\C/C=C\C/C=C\CCCCCCCCCC(=O)NC(COC1OC(CO)C(OC2OC(CO)C(OC3OC(CO)C(O)C(O)C3O)C(O)C2O)C(O)C1O)C(O)/C=C/CCCCCCCCCCCCCCCCCCCC. The highest BCUT2D eigenvalue weighted by molar-refractivity contribution is 5.76. The number of hydrogen-bond acceptors (Lipinski definition) is 18. The average Bonchev–Trinajstić information content (AvgIpc) is 3.39. The molecular formula is C63H113NO18. The van der Waals surface area contributed by atoms with Crippen LogP contribution in [0.1, 0.15) is 213 Å². The van der Waals surface area contributed by atoms with Crippen LogP contribution in [0.4, 0.5) is 0 Å². The van der Waals surface area contributed by atoms with Crippen molar-refractivity contribution in [3.63, 3.8) is 0 Å². The van der Waals surface area contributed by atoms with E-state index in [1.165, 1.54) is 96.3 Å². The molecule has 82 heavy (non-hydrogen) atoms. The van der Waals surface area contributed by atoms with E-state index in [-0.39, 0.29) is 18.9 Å². The predicted molar refractivity (Wildman–Crippen MR) is 314 cm³/mol. The summed E-state index contributed by atoms with van der Waals surface area (Å²) in [6.07, 6.45) is 25.1. The van der Waals surface area contributed by atoms with Gasteiger partial charge in [-0.15, -0.1) is 0 Å². The maximum atomic E-state index is 13.3. The van der Waals surface area contributed by atoms with E-state index in [2.05, 4.69) is 55.6 Å². The Hall–Kier alpha value is -2.25. The summed E-state index contributed by atoms with van der Waals surface area (Å²) < 4.78 is 34.3. The molecule has 0 bridgehead atoms. The Morgan fingerprint density at radius 2 is 0.841 bits per heavy atom. The lowest BCUT2D eigenvalue weighted by Gasteiger charge is -2.48. The highest BCUT2D eigenvalue weighted by Crippen LogP contribution is 2.33. The molecule has 3 fully saturated rings. The minimum absolute atomic E-state index is 0.231. The number of ether oxygens (including phenoxy) is 6. The predicted octanol–water partition coefficient (Wildman–Crippen LogP) is 6.65. The van der Waals surface area contributed by atoms with Crippen LogP contribution >= 0.6 is 0 Å². The van der Waals surface area contributed by atoms with Crippen LogP contribution in [0.15, 0.2) is 48.6 Å². The number of allylic oxidation sites excluding steroid dienone is 7. The Balaban J connectivity index is 1.49. The van der Waals surface area contributed by atoms with Gasteiger partial charge in [0.1, 0.15) is 73.2 Å². The summed E-state index contributed by atoms with van der Waals surface area (Å²) in [4.78, 5) is 13.3. The van der Waals surface area contributed by atoms with E-state index in [1.807, 2.05) is 6.08 Å². The van der Waals surface area contributed by atoms with Crippen LogP contribution < -0.4 is 5.32 Å². The van der Waals surface area contributed by atoms with E-state index < -0.39 is 124 Å². The zero-order valence-corrected chi connectivity index (χ0v) is 50.0. The van der Waals surface area contributed by atoms with Gasteiger partial charge in [0, 0.05) is 6.42 Å². The molecule has 0 aromatic carbocycles. The topological polar surface area (TPSA) is 307 Å².